The highest BCUT2D eigenvalue weighted by Crippen LogP contribution is 2.26. The van der Waals surface area contributed by atoms with Crippen LogP contribution >= 0.6 is 0 Å². The number of anilines is 1. The number of aromatic amines is 1. The van der Waals surface area contributed by atoms with Crippen molar-refractivity contribution >= 4 is 22.6 Å². The van der Waals surface area contributed by atoms with Crippen LogP contribution in [-0.4, -0.2) is 22.2 Å². The van der Waals surface area contributed by atoms with Crippen LogP contribution < -0.4 is 14.8 Å². The van der Waals surface area contributed by atoms with Crippen LogP contribution in [0, 0.1) is 11.3 Å². The second-order valence-electron chi connectivity index (χ2n) is 6.90. The summed E-state index contributed by atoms with van der Waals surface area (Å²) in [5.41, 5.74) is 2.14. The number of H-pyrrole nitrogens is 1. The molecule has 1 aromatic heterocycles. The van der Waals surface area contributed by atoms with Crippen LogP contribution in [0.4, 0.5) is 5.82 Å². The molecule has 4 rings (SSSR count). The monoisotopic (exact) mass is 412 g/mol. The maximum Gasteiger partial charge on any atom is 0.266 e. The van der Waals surface area contributed by atoms with Gasteiger partial charge < -0.3 is 14.8 Å². The molecule has 0 saturated carbocycles. The number of ether oxygens (including phenoxy) is 2. The van der Waals surface area contributed by atoms with E-state index >= 15 is 0 Å². The lowest BCUT2D eigenvalue weighted by Crippen LogP contribution is -2.30. The Kier molecular flexibility index (Phi) is 5.81. The Hall–Kier alpha value is -4.31. The Bertz CT molecular complexity index is 1240. The first-order chi connectivity index (χ1) is 15.1. The zero-order chi connectivity index (χ0) is 21.6. The molecule has 0 aliphatic heterocycles. The molecule has 7 nitrogen and oxygen atoms in total. The van der Waals surface area contributed by atoms with Gasteiger partial charge in [0.25, 0.3) is 5.91 Å². The van der Waals surface area contributed by atoms with Gasteiger partial charge >= 0.3 is 0 Å². The number of nitrogens with zero attached hydrogens (tertiary/aromatic N) is 2. The van der Waals surface area contributed by atoms with E-state index in [1.165, 1.54) is 0 Å². The van der Waals surface area contributed by atoms with Crippen molar-refractivity contribution in [1.82, 2.24) is 10.2 Å². The van der Waals surface area contributed by atoms with Crippen molar-refractivity contribution in [1.29, 1.82) is 5.26 Å². The van der Waals surface area contributed by atoms with Crippen LogP contribution in [0.25, 0.3) is 10.9 Å². The molecule has 0 bridgehead atoms. The Labute approximate surface area is 179 Å². The van der Waals surface area contributed by atoms with E-state index in [0.717, 1.165) is 11.1 Å². The summed E-state index contributed by atoms with van der Waals surface area (Å²) in [6.45, 7) is 1.94. The molecule has 31 heavy (non-hydrogen) atoms. The van der Waals surface area contributed by atoms with Gasteiger partial charge in [-0.1, -0.05) is 36.4 Å². The molecule has 154 valence electrons. The van der Waals surface area contributed by atoms with Crippen LogP contribution in [0.3, 0.4) is 0 Å². The van der Waals surface area contributed by atoms with Crippen molar-refractivity contribution in [3.63, 3.8) is 0 Å². The third kappa shape index (κ3) is 4.65. The quantitative estimate of drug-likeness (QED) is 0.468. The summed E-state index contributed by atoms with van der Waals surface area (Å²) in [7, 11) is 0. The van der Waals surface area contributed by atoms with Crippen molar-refractivity contribution < 1.29 is 14.3 Å². The summed E-state index contributed by atoms with van der Waals surface area (Å²) in [6.07, 6.45) is -0.698. The summed E-state index contributed by atoms with van der Waals surface area (Å²) in [6, 6.07) is 24.0. The molecule has 1 atom stereocenters. The van der Waals surface area contributed by atoms with Crippen molar-refractivity contribution in [3.05, 3.63) is 83.9 Å². The number of hydrogen-bond acceptors (Lipinski definition) is 5. The van der Waals surface area contributed by atoms with Crippen molar-refractivity contribution in [3.8, 4) is 17.6 Å². The molecule has 0 aliphatic carbocycles. The first-order valence-corrected chi connectivity index (χ1v) is 9.75. The molecule has 0 aliphatic rings. The Morgan fingerprint density at radius 2 is 1.87 bits per heavy atom. The van der Waals surface area contributed by atoms with Crippen LogP contribution in [-0.2, 0) is 11.4 Å². The Morgan fingerprint density at radius 3 is 2.68 bits per heavy atom. The highest BCUT2D eigenvalue weighted by molar-refractivity contribution is 6.01. The van der Waals surface area contributed by atoms with E-state index in [1.54, 1.807) is 31.2 Å². The number of nitriles is 1. The van der Waals surface area contributed by atoms with Crippen LogP contribution in [0.1, 0.15) is 18.1 Å². The molecule has 0 radical (unpaired) electrons. The summed E-state index contributed by atoms with van der Waals surface area (Å²) in [5, 5.41) is 19.8. The zero-order valence-electron chi connectivity index (χ0n) is 16.8. The third-order valence-corrected chi connectivity index (χ3v) is 4.73. The fraction of sp³-hybridized carbons (Fsp3) is 0.125. The molecule has 1 heterocycles. The van der Waals surface area contributed by atoms with E-state index in [1.807, 2.05) is 48.5 Å². The van der Waals surface area contributed by atoms with Gasteiger partial charge in [-0.2, -0.15) is 10.4 Å². The van der Waals surface area contributed by atoms with Gasteiger partial charge in [-0.15, -0.1) is 0 Å². The highest BCUT2D eigenvalue weighted by atomic mass is 16.5. The maximum atomic E-state index is 12.6. The van der Waals surface area contributed by atoms with Crippen molar-refractivity contribution in [2.24, 2.45) is 0 Å². The summed E-state index contributed by atoms with van der Waals surface area (Å²) >= 11 is 0. The van der Waals surface area contributed by atoms with E-state index in [4.69, 9.17) is 9.47 Å². The number of rotatable bonds is 7. The number of hydrogen-bond donors (Lipinski definition) is 2. The largest absolute Gasteiger partial charge is 0.489 e. The lowest BCUT2D eigenvalue weighted by molar-refractivity contribution is -0.122. The number of fused-ring (bicyclic) bond motifs is 1. The predicted octanol–water partition coefficient (Wildman–Crippen LogP) is 4.42. The number of nitrogens with one attached hydrogen (secondary N) is 2. The molecule has 0 fully saturated rings. The van der Waals surface area contributed by atoms with Gasteiger partial charge in [0.05, 0.1) is 17.1 Å². The van der Waals surface area contributed by atoms with Crippen molar-refractivity contribution in [2.45, 2.75) is 19.6 Å². The fourth-order valence-corrected chi connectivity index (χ4v) is 3.07. The number of benzene rings is 3. The molecule has 4 aromatic rings. The topological polar surface area (TPSA) is 100 Å². The summed E-state index contributed by atoms with van der Waals surface area (Å²) < 4.78 is 11.5. The predicted molar refractivity (Wildman–Crippen MR) is 117 cm³/mol. The molecule has 1 amide bonds. The maximum absolute atomic E-state index is 12.6. The minimum Gasteiger partial charge on any atom is -0.489 e. The average Bonchev–Trinajstić information content (AvgIpc) is 3.20. The lowest BCUT2D eigenvalue weighted by atomic mass is 10.1. The van der Waals surface area contributed by atoms with Gasteiger partial charge in [0, 0.05) is 10.9 Å². The van der Waals surface area contributed by atoms with Gasteiger partial charge in [0.1, 0.15) is 18.1 Å². The Morgan fingerprint density at radius 1 is 1.10 bits per heavy atom. The van der Waals surface area contributed by atoms with Crippen molar-refractivity contribution in [2.75, 3.05) is 5.32 Å². The molecule has 1 unspecified atom stereocenters. The van der Waals surface area contributed by atoms with Gasteiger partial charge in [0.15, 0.2) is 11.9 Å². The van der Waals surface area contributed by atoms with E-state index < -0.39 is 6.10 Å². The normalized spacial score (nSPS) is 11.5. The second kappa shape index (κ2) is 9.01. The minimum absolute atomic E-state index is 0.261. The van der Waals surface area contributed by atoms with Gasteiger partial charge in [0.2, 0.25) is 0 Å². The van der Waals surface area contributed by atoms with Crippen LogP contribution in [0.5, 0.6) is 11.5 Å². The number of carbonyl (C=O) groups is 1. The molecule has 3 aromatic carbocycles. The minimum atomic E-state index is -0.698. The second-order valence-corrected chi connectivity index (χ2v) is 6.90. The molecule has 2 N–H and O–H groups in total. The molecule has 0 spiro atoms. The average molecular weight is 412 g/mol. The SMILES string of the molecule is CC(Oc1ccccc1)C(=O)Nc1n[nH]c2ccc(OCc3ccccc3C#N)cc12. The molecular formula is C24H20N4O3. The van der Waals surface area contributed by atoms with Gasteiger partial charge in [-0.3, -0.25) is 9.89 Å². The number of carbonyl (C=O) groups excluding carboxylic acids is 1. The van der Waals surface area contributed by atoms with E-state index in [2.05, 4.69) is 21.6 Å². The first-order valence-electron chi connectivity index (χ1n) is 9.75. The van der Waals surface area contributed by atoms with E-state index in [0.29, 0.717) is 28.3 Å². The fourth-order valence-electron chi connectivity index (χ4n) is 3.07. The zero-order valence-corrected chi connectivity index (χ0v) is 16.8. The number of amides is 1. The summed E-state index contributed by atoms with van der Waals surface area (Å²) in [5.74, 6) is 1.30. The first kappa shape index (κ1) is 20.0. The van der Waals surface area contributed by atoms with E-state index in [9.17, 15) is 10.1 Å². The van der Waals surface area contributed by atoms with Gasteiger partial charge in [-0.25, -0.2) is 0 Å². The van der Waals surface area contributed by atoms with E-state index in [-0.39, 0.29) is 12.5 Å². The van der Waals surface area contributed by atoms with Crippen LogP contribution in [0.2, 0.25) is 0 Å². The third-order valence-electron chi connectivity index (χ3n) is 4.73. The number of para-hydroxylation sites is 1. The number of aromatic nitrogens is 2. The molecule has 7 heteroatoms. The van der Waals surface area contributed by atoms with Gasteiger partial charge in [-0.05, 0) is 43.3 Å². The van der Waals surface area contributed by atoms with Crippen LogP contribution in [0.15, 0.2) is 72.8 Å². The molecule has 0 saturated heterocycles. The Balaban J connectivity index is 1.46. The summed E-state index contributed by atoms with van der Waals surface area (Å²) in [4.78, 5) is 12.6. The standard InChI is InChI=1S/C24H20N4O3/c1-16(31-19-9-3-2-4-10-19)24(29)26-23-21-13-20(11-12-22(21)27-28-23)30-15-18-8-6-5-7-17(18)14-25/h2-13,16H,15H2,1H3,(H2,26,27,28,29). The molecular weight excluding hydrogens is 392 g/mol. The smallest absolute Gasteiger partial charge is 0.266 e. The highest BCUT2D eigenvalue weighted by Gasteiger charge is 2.18. The lowest BCUT2D eigenvalue weighted by Gasteiger charge is -2.14.